The molecule has 1 aromatic heterocycles. The summed E-state index contributed by atoms with van der Waals surface area (Å²) in [6.45, 7) is 0.570. The summed E-state index contributed by atoms with van der Waals surface area (Å²) in [4.78, 5) is 30.8. The fourth-order valence-electron chi connectivity index (χ4n) is 3.91. The largest absolute Gasteiger partial charge is 0.340 e. The number of halogens is 3. The highest BCUT2D eigenvalue weighted by atomic mass is 35.5. The Kier molecular flexibility index (Phi) is 6.00. The van der Waals surface area contributed by atoms with Gasteiger partial charge in [-0.1, -0.05) is 29.8 Å². The lowest BCUT2D eigenvalue weighted by atomic mass is 10.0. The number of nitrogens with one attached hydrogen (secondary N) is 1. The minimum Gasteiger partial charge on any atom is -0.340 e. The van der Waals surface area contributed by atoms with E-state index in [0.29, 0.717) is 21.5 Å². The maximum absolute atomic E-state index is 13.7. The number of alkyl halides is 2. The minimum absolute atomic E-state index is 0.291. The van der Waals surface area contributed by atoms with Gasteiger partial charge in [0.1, 0.15) is 12.1 Å². The molecule has 6 nitrogen and oxygen atoms in total. The number of rotatable bonds is 4. The molecule has 3 aromatic rings. The van der Waals surface area contributed by atoms with E-state index >= 15 is 0 Å². The van der Waals surface area contributed by atoms with E-state index in [-0.39, 0.29) is 0 Å². The molecule has 1 N–H and O–H groups in total. The van der Waals surface area contributed by atoms with Crippen molar-refractivity contribution >= 4 is 34.3 Å². The number of carbonyl (C=O) groups is 2. The zero-order valence-electron chi connectivity index (χ0n) is 17.6. The van der Waals surface area contributed by atoms with Crippen LogP contribution in [-0.2, 0) is 4.79 Å². The van der Waals surface area contributed by atoms with Gasteiger partial charge in [0, 0.05) is 23.0 Å². The van der Waals surface area contributed by atoms with Crippen molar-refractivity contribution in [2.45, 2.75) is 31.4 Å². The highest BCUT2D eigenvalue weighted by molar-refractivity contribution is 6.30. The third-order valence-corrected chi connectivity index (χ3v) is 5.84. The maximum atomic E-state index is 13.7. The lowest BCUT2D eigenvalue weighted by molar-refractivity contribution is -0.134. The van der Waals surface area contributed by atoms with Gasteiger partial charge in [-0.15, -0.1) is 0 Å². The van der Waals surface area contributed by atoms with Crippen molar-refractivity contribution in [1.29, 1.82) is 5.26 Å². The number of hydrogen-bond acceptors (Lipinski definition) is 4. The normalized spacial score (nSPS) is 18.0. The van der Waals surface area contributed by atoms with E-state index in [0.717, 1.165) is 16.0 Å². The molecule has 0 bridgehead atoms. The molecule has 2 atom stereocenters. The van der Waals surface area contributed by atoms with Crippen LogP contribution in [0.15, 0.2) is 54.7 Å². The second-order valence-electron chi connectivity index (χ2n) is 7.96. The van der Waals surface area contributed by atoms with Crippen LogP contribution in [0.4, 0.5) is 8.78 Å². The topological polar surface area (TPSA) is 86.1 Å². The first-order valence-electron chi connectivity index (χ1n) is 10.2. The first-order valence-corrected chi connectivity index (χ1v) is 10.6. The van der Waals surface area contributed by atoms with Crippen molar-refractivity contribution in [3.8, 4) is 17.2 Å². The highest BCUT2D eigenvalue weighted by Crippen LogP contribution is 2.32. The fourth-order valence-corrected chi connectivity index (χ4v) is 4.04. The van der Waals surface area contributed by atoms with Crippen LogP contribution in [0.5, 0.6) is 0 Å². The second kappa shape index (κ2) is 8.75. The van der Waals surface area contributed by atoms with Crippen molar-refractivity contribution in [2.75, 3.05) is 6.54 Å². The number of nitriles is 1. The summed E-state index contributed by atoms with van der Waals surface area (Å²) in [6, 6.07) is 13.7. The molecule has 1 fully saturated rings. The number of likely N-dealkylation sites (tertiary alicyclic amines) is 1. The van der Waals surface area contributed by atoms with Crippen molar-refractivity contribution < 1.29 is 18.4 Å². The molecule has 4 rings (SSSR count). The quantitative estimate of drug-likeness (QED) is 0.613. The third kappa shape index (κ3) is 4.64. The van der Waals surface area contributed by atoms with Gasteiger partial charge in [0.2, 0.25) is 5.91 Å². The van der Waals surface area contributed by atoms with Gasteiger partial charge in [0.15, 0.2) is 0 Å². The van der Waals surface area contributed by atoms with E-state index in [4.69, 9.17) is 16.9 Å². The number of aromatic nitrogens is 1. The summed E-state index contributed by atoms with van der Waals surface area (Å²) < 4.78 is 27.4. The third-order valence-electron chi connectivity index (χ3n) is 5.58. The molecule has 2 amide bonds. The Balaban J connectivity index is 1.59. The lowest BCUT2D eigenvalue weighted by Gasteiger charge is -2.23. The molecular formula is C24H19ClF2N4O2. The number of hydrogen-bond donors (Lipinski definition) is 1. The van der Waals surface area contributed by atoms with Crippen LogP contribution in [0.1, 0.15) is 23.7 Å². The number of pyridine rings is 1. The summed E-state index contributed by atoms with van der Waals surface area (Å²) in [7, 11) is 0. The summed E-state index contributed by atoms with van der Waals surface area (Å²) in [5, 5.41) is 12.9. The molecule has 0 aliphatic carbocycles. The van der Waals surface area contributed by atoms with Gasteiger partial charge in [0.05, 0.1) is 23.7 Å². The monoisotopic (exact) mass is 468 g/mol. The van der Waals surface area contributed by atoms with Gasteiger partial charge < -0.3 is 10.2 Å². The SMILES string of the molecule is C[C@H](NC(=O)c1ccnc2ccc(-c3ccc(Cl)cc3)cc12)C(=O)N1CC(F)(F)C[C@H]1C#N. The zero-order chi connectivity index (χ0) is 23.8. The van der Waals surface area contributed by atoms with Gasteiger partial charge in [-0.05, 0) is 48.4 Å². The predicted molar refractivity (Wildman–Crippen MR) is 120 cm³/mol. The van der Waals surface area contributed by atoms with Crippen LogP contribution >= 0.6 is 11.6 Å². The van der Waals surface area contributed by atoms with Crippen LogP contribution in [0.2, 0.25) is 5.02 Å². The van der Waals surface area contributed by atoms with E-state index in [9.17, 15) is 18.4 Å². The fraction of sp³-hybridized carbons (Fsp3) is 0.250. The van der Waals surface area contributed by atoms with Crippen molar-refractivity contribution in [3.05, 3.63) is 65.3 Å². The van der Waals surface area contributed by atoms with E-state index in [1.807, 2.05) is 24.3 Å². The molecule has 0 radical (unpaired) electrons. The Morgan fingerprint density at radius 3 is 2.61 bits per heavy atom. The number of nitrogens with zero attached hydrogens (tertiary/aromatic N) is 3. The van der Waals surface area contributed by atoms with E-state index in [2.05, 4.69) is 10.3 Å². The highest BCUT2D eigenvalue weighted by Gasteiger charge is 2.48. The first kappa shape index (κ1) is 22.6. The van der Waals surface area contributed by atoms with Crippen LogP contribution in [0.25, 0.3) is 22.0 Å². The minimum atomic E-state index is -3.13. The van der Waals surface area contributed by atoms with Gasteiger partial charge >= 0.3 is 0 Å². The lowest BCUT2D eigenvalue weighted by Crippen LogP contribution is -2.48. The first-order chi connectivity index (χ1) is 15.7. The van der Waals surface area contributed by atoms with E-state index in [1.54, 1.807) is 24.3 Å². The molecule has 2 aromatic carbocycles. The van der Waals surface area contributed by atoms with E-state index in [1.165, 1.54) is 19.2 Å². The molecule has 168 valence electrons. The summed E-state index contributed by atoms with van der Waals surface area (Å²) in [6.07, 6.45) is 0.775. The van der Waals surface area contributed by atoms with Crippen LogP contribution in [-0.4, -0.2) is 46.2 Å². The summed E-state index contributed by atoms with van der Waals surface area (Å²) >= 11 is 5.96. The Labute approximate surface area is 193 Å². The number of amides is 2. The second-order valence-corrected chi connectivity index (χ2v) is 8.40. The smallest absolute Gasteiger partial charge is 0.268 e. The molecule has 1 aliphatic heterocycles. The molecule has 33 heavy (non-hydrogen) atoms. The maximum Gasteiger partial charge on any atom is 0.268 e. The molecule has 1 saturated heterocycles. The van der Waals surface area contributed by atoms with Crippen LogP contribution in [0, 0.1) is 11.3 Å². The summed E-state index contributed by atoms with van der Waals surface area (Å²) in [5.41, 5.74) is 2.63. The van der Waals surface area contributed by atoms with Crippen molar-refractivity contribution in [1.82, 2.24) is 15.2 Å². The predicted octanol–water partition coefficient (Wildman–Crippen LogP) is 4.43. The standard InChI is InChI=1S/C24H19ClF2N4O2/c1-14(23(33)31-13-24(26,27)11-18(31)12-28)30-22(32)19-8-9-29-21-7-4-16(10-20(19)21)15-2-5-17(25)6-3-15/h2-10,14,18H,11,13H2,1H3,(H,30,32)/t14-,18-/m0/s1. The molecule has 0 saturated carbocycles. The Bertz CT molecular complexity index is 1270. The molecule has 1 aliphatic rings. The molecule has 0 unspecified atom stereocenters. The average Bonchev–Trinajstić information content (AvgIpc) is 3.12. The zero-order valence-corrected chi connectivity index (χ0v) is 18.3. The Morgan fingerprint density at radius 2 is 1.91 bits per heavy atom. The van der Waals surface area contributed by atoms with Crippen LogP contribution in [0.3, 0.4) is 0 Å². The van der Waals surface area contributed by atoms with Crippen molar-refractivity contribution in [2.24, 2.45) is 0 Å². The number of carbonyl (C=O) groups excluding carboxylic acids is 2. The van der Waals surface area contributed by atoms with E-state index < -0.39 is 42.8 Å². The average molecular weight is 469 g/mol. The van der Waals surface area contributed by atoms with Crippen LogP contribution < -0.4 is 5.32 Å². The van der Waals surface area contributed by atoms with Gasteiger partial charge in [-0.3, -0.25) is 14.6 Å². The molecule has 9 heteroatoms. The number of benzene rings is 2. The van der Waals surface area contributed by atoms with Gasteiger partial charge in [0.25, 0.3) is 11.8 Å². The number of fused-ring (bicyclic) bond motifs is 1. The molecule has 2 heterocycles. The van der Waals surface area contributed by atoms with Gasteiger partial charge in [-0.25, -0.2) is 8.78 Å². The molecular weight excluding hydrogens is 450 g/mol. The molecule has 0 spiro atoms. The summed E-state index contributed by atoms with van der Waals surface area (Å²) in [5.74, 6) is -4.40. The Morgan fingerprint density at radius 1 is 1.21 bits per heavy atom. The van der Waals surface area contributed by atoms with Crippen molar-refractivity contribution in [3.63, 3.8) is 0 Å². The Hall–Kier alpha value is -3.57. The van der Waals surface area contributed by atoms with Gasteiger partial charge in [-0.2, -0.15) is 5.26 Å².